The third-order valence-corrected chi connectivity index (χ3v) is 7.38. The van der Waals surface area contributed by atoms with Crippen LogP contribution in [-0.2, 0) is 6.54 Å². The molecule has 1 aliphatic heterocycles. The summed E-state index contributed by atoms with van der Waals surface area (Å²) in [5.41, 5.74) is 3.27. The van der Waals surface area contributed by atoms with Crippen molar-refractivity contribution in [2.45, 2.75) is 32.5 Å². The van der Waals surface area contributed by atoms with Gasteiger partial charge in [-0.2, -0.15) is 0 Å². The number of ether oxygens (including phenoxy) is 2. The molecule has 0 radical (unpaired) electrons. The van der Waals surface area contributed by atoms with E-state index in [9.17, 15) is 9.90 Å². The summed E-state index contributed by atoms with van der Waals surface area (Å²) >= 11 is 0. The lowest BCUT2D eigenvalue weighted by atomic mass is 9.99. The van der Waals surface area contributed by atoms with Crippen molar-refractivity contribution in [1.29, 1.82) is 0 Å². The molecule has 0 unspecified atom stereocenters. The van der Waals surface area contributed by atoms with Gasteiger partial charge in [0.05, 0.1) is 12.6 Å². The third-order valence-electron chi connectivity index (χ3n) is 7.38. The number of pyridine rings is 2. The Balaban J connectivity index is 1.33. The maximum Gasteiger partial charge on any atom is 0.259 e. The summed E-state index contributed by atoms with van der Waals surface area (Å²) in [4.78, 5) is 26.3. The molecule has 5 rings (SSSR count). The number of amides is 1. The number of rotatable bonds is 9. The molecule has 8 heteroatoms. The SMILES string of the molecule is C[C@H](CO)N1C[C@H](C)[C@@H](CN(C)Cc2ccc(Oc3ccccc3)cc2)Oc2ncc(-c3ccncc3)cc2C1=O. The van der Waals surface area contributed by atoms with Crippen molar-refractivity contribution in [1.82, 2.24) is 19.8 Å². The number of hydrogen-bond acceptors (Lipinski definition) is 7. The Morgan fingerprint density at radius 2 is 1.76 bits per heavy atom. The first-order chi connectivity index (χ1) is 19.9. The zero-order valence-corrected chi connectivity index (χ0v) is 23.7. The summed E-state index contributed by atoms with van der Waals surface area (Å²) in [6, 6.07) is 23.1. The molecule has 3 atom stereocenters. The average molecular weight is 553 g/mol. The molecule has 0 spiro atoms. The Bertz CT molecular complexity index is 1430. The minimum atomic E-state index is -0.338. The molecule has 2 aromatic carbocycles. The molecule has 41 heavy (non-hydrogen) atoms. The molecule has 2 aromatic heterocycles. The Hall–Kier alpha value is -4.27. The summed E-state index contributed by atoms with van der Waals surface area (Å²) in [6.07, 6.45) is 4.93. The lowest BCUT2D eigenvalue weighted by Gasteiger charge is -2.37. The van der Waals surface area contributed by atoms with Gasteiger partial charge in [0.15, 0.2) is 0 Å². The number of nitrogens with zero attached hydrogens (tertiary/aromatic N) is 4. The number of carbonyl (C=O) groups is 1. The molecular formula is C33H36N4O4. The maximum absolute atomic E-state index is 13.7. The zero-order chi connectivity index (χ0) is 28.8. The zero-order valence-electron chi connectivity index (χ0n) is 23.7. The van der Waals surface area contributed by atoms with Crippen LogP contribution in [0, 0.1) is 5.92 Å². The van der Waals surface area contributed by atoms with Crippen LogP contribution in [0.15, 0.2) is 91.4 Å². The van der Waals surface area contributed by atoms with Crippen LogP contribution in [0.4, 0.5) is 0 Å². The van der Waals surface area contributed by atoms with Crippen LogP contribution in [0.25, 0.3) is 11.1 Å². The Morgan fingerprint density at radius 3 is 2.46 bits per heavy atom. The second kappa shape index (κ2) is 12.9. The van der Waals surface area contributed by atoms with Crippen LogP contribution in [0.5, 0.6) is 17.4 Å². The van der Waals surface area contributed by atoms with Crippen LogP contribution < -0.4 is 9.47 Å². The first kappa shape index (κ1) is 28.3. The fourth-order valence-electron chi connectivity index (χ4n) is 4.99. The quantitative estimate of drug-likeness (QED) is 0.302. The van der Waals surface area contributed by atoms with E-state index in [-0.39, 0.29) is 30.6 Å². The van der Waals surface area contributed by atoms with Gasteiger partial charge in [-0.15, -0.1) is 0 Å². The molecule has 0 fully saturated rings. The van der Waals surface area contributed by atoms with Crippen LogP contribution in [0.1, 0.15) is 29.8 Å². The molecule has 212 valence electrons. The van der Waals surface area contributed by atoms with Crippen LogP contribution in [-0.4, -0.2) is 69.7 Å². The summed E-state index contributed by atoms with van der Waals surface area (Å²) in [5, 5.41) is 9.95. The summed E-state index contributed by atoms with van der Waals surface area (Å²) in [6.45, 7) is 5.62. The molecule has 4 aromatic rings. The second-order valence-electron chi connectivity index (χ2n) is 10.7. The van der Waals surface area contributed by atoms with Gasteiger partial charge in [-0.3, -0.25) is 14.7 Å². The molecular weight excluding hydrogens is 516 g/mol. The highest BCUT2D eigenvalue weighted by molar-refractivity contribution is 5.98. The van der Waals surface area contributed by atoms with Crippen molar-refractivity contribution in [2.75, 3.05) is 26.7 Å². The molecule has 1 N–H and O–H groups in total. The standard InChI is InChI=1S/C33H36N4O4/c1-23-19-37(24(2)22-38)33(39)30-17-27(26-13-15-34-16-14-26)18-35-32(30)41-31(23)21-36(3)20-25-9-11-29(12-10-25)40-28-7-5-4-6-8-28/h4-18,23-24,31,38H,19-22H2,1-3H3/t23-,24+,31+/m0/s1. The van der Waals surface area contributed by atoms with Gasteiger partial charge in [0, 0.05) is 49.7 Å². The van der Waals surface area contributed by atoms with E-state index >= 15 is 0 Å². The first-order valence-corrected chi connectivity index (χ1v) is 13.9. The molecule has 0 saturated carbocycles. The Kier molecular flexibility index (Phi) is 8.91. The highest BCUT2D eigenvalue weighted by atomic mass is 16.5. The van der Waals surface area contributed by atoms with Crippen molar-refractivity contribution < 1.29 is 19.4 Å². The van der Waals surface area contributed by atoms with Gasteiger partial charge >= 0.3 is 0 Å². The highest BCUT2D eigenvalue weighted by Gasteiger charge is 2.34. The Labute approximate surface area is 241 Å². The normalized spacial score (nSPS) is 17.8. The minimum absolute atomic E-state index is 0.00636. The van der Waals surface area contributed by atoms with Crippen molar-refractivity contribution in [3.63, 3.8) is 0 Å². The van der Waals surface area contributed by atoms with E-state index in [2.05, 4.69) is 41.0 Å². The van der Waals surface area contributed by atoms with Crippen molar-refractivity contribution in [3.05, 3.63) is 103 Å². The lowest BCUT2D eigenvalue weighted by molar-refractivity contribution is 0.0325. The van der Waals surface area contributed by atoms with E-state index in [1.165, 1.54) is 0 Å². The summed E-state index contributed by atoms with van der Waals surface area (Å²) < 4.78 is 12.4. The molecule has 0 saturated heterocycles. The largest absolute Gasteiger partial charge is 0.472 e. The van der Waals surface area contributed by atoms with Crippen LogP contribution in [0.3, 0.4) is 0 Å². The van der Waals surface area contributed by atoms with Crippen LogP contribution in [0.2, 0.25) is 0 Å². The van der Waals surface area contributed by atoms with E-state index in [1.54, 1.807) is 23.5 Å². The van der Waals surface area contributed by atoms with Crippen molar-refractivity contribution >= 4 is 5.91 Å². The van der Waals surface area contributed by atoms with Crippen molar-refractivity contribution in [3.8, 4) is 28.5 Å². The van der Waals surface area contributed by atoms with E-state index in [0.717, 1.165) is 34.7 Å². The average Bonchev–Trinajstić information content (AvgIpc) is 3.00. The summed E-state index contributed by atoms with van der Waals surface area (Å²) in [7, 11) is 2.06. The number of aromatic nitrogens is 2. The number of benzene rings is 2. The highest BCUT2D eigenvalue weighted by Crippen LogP contribution is 2.30. The number of aliphatic hydroxyl groups is 1. The predicted molar refractivity (Wildman–Crippen MR) is 158 cm³/mol. The molecule has 1 aliphatic rings. The number of para-hydroxylation sites is 1. The van der Waals surface area contributed by atoms with E-state index in [0.29, 0.717) is 24.5 Å². The number of aliphatic hydroxyl groups excluding tert-OH is 1. The third kappa shape index (κ3) is 6.90. The maximum atomic E-state index is 13.7. The van der Waals surface area contributed by atoms with Gasteiger partial charge in [0.25, 0.3) is 5.91 Å². The number of fused-ring (bicyclic) bond motifs is 1. The first-order valence-electron chi connectivity index (χ1n) is 13.9. The summed E-state index contributed by atoms with van der Waals surface area (Å²) in [5.74, 6) is 1.72. The van der Waals surface area contributed by atoms with Gasteiger partial charge in [-0.25, -0.2) is 4.98 Å². The molecule has 8 nitrogen and oxygen atoms in total. The second-order valence-corrected chi connectivity index (χ2v) is 10.7. The van der Waals surface area contributed by atoms with Gasteiger partial charge in [-0.1, -0.05) is 37.3 Å². The Morgan fingerprint density at radius 1 is 1.05 bits per heavy atom. The van der Waals surface area contributed by atoms with Gasteiger partial charge in [-0.05, 0) is 67.6 Å². The van der Waals surface area contributed by atoms with Gasteiger partial charge in [0.1, 0.15) is 23.2 Å². The molecule has 3 heterocycles. The van der Waals surface area contributed by atoms with E-state index in [4.69, 9.17) is 9.47 Å². The topological polar surface area (TPSA) is 88.0 Å². The lowest BCUT2D eigenvalue weighted by Crippen LogP contribution is -2.49. The van der Waals surface area contributed by atoms with Gasteiger partial charge in [0.2, 0.25) is 5.88 Å². The van der Waals surface area contributed by atoms with E-state index in [1.807, 2.05) is 67.6 Å². The van der Waals surface area contributed by atoms with Gasteiger partial charge < -0.3 is 19.5 Å². The number of carbonyl (C=O) groups excluding carboxylic acids is 1. The number of likely N-dealkylation sites (N-methyl/N-ethyl adjacent to an activating group) is 1. The van der Waals surface area contributed by atoms with Crippen LogP contribution >= 0.6 is 0 Å². The fourth-order valence-corrected chi connectivity index (χ4v) is 4.99. The fraction of sp³-hybridized carbons (Fsp3) is 0.303. The van der Waals surface area contributed by atoms with Crippen molar-refractivity contribution in [2.24, 2.45) is 5.92 Å². The molecule has 1 amide bonds. The van der Waals surface area contributed by atoms with E-state index < -0.39 is 0 Å². The molecule has 0 bridgehead atoms. The minimum Gasteiger partial charge on any atom is -0.472 e. The smallest absolute Gasteiger partial charge is 0.259 e. The monoisotopic (exact) mass is 552 g/mol. The molecule has 0 aliphatic carbocycles. The predicted octanol–water partition coefficient (Wildman–Crippen LogP) is 5.29. The number of hydrogen-bond donors (Lipinski definition) is 1.